The van der Waals surface area contributed by atoms with Gasteiger partial charge in [0, 0.05) is 40.6 Å². The largest absolute Gasteiger partial charge is 0.497 e. The number of hydrogen-bond acceptors (Lipinski definition) is 5. The van der Waals surface area contributed by atoms with Crippen LogP contribution in [0.1, 0.15) is 27.1 Å². The quantitative estimate of drug-likeness (QED) is 0.455. The fourth-order valence-corrected chi connectivity index (χ4v) is 4.60. The molecule has 7 nitrogen and oxygen atoms in total. The van der Waals surface area contributed by atoms with Gasteiger partial charge >= 0.3 is 0 Å². The van der Waals surface area contributed by atoms with E-state index < -0.39 is 11.8 Å². The van der Waals surface area contributed by atoms with Crippen molar-refractivity contribution in [2.24, 2.45) is 0 Å². The Morgan fingerprint density at radius 2 is 1.69 bits per heavy atom. The van der Waals surface area contributed by atoms with Crippen molar-refractivity contribution in [3.8, 4) is 22.6 Å². The lowest BCUT2D eigenvalue weighted by Gasteiger charge is -2.13. The maximum atomic E-state index is 13.0. The van der Waals surface area contributed by atoms with Crippen LogP contribution in [0.5, 0.6) is 11.5 Å². The molecule has 0 fully saturated rings. The summed E-state index contributed by atoms with van der Waals surface area (Å²) in [5.74, 6) is 0.426. The molecule has 0 bridgehead atoms. The Bertz CT molecular complexity index is 1400. The van der Waals surface area contributed by atoms with Gasteiger partial charge in [-0.05, 0) is 36.8 Å². The smallest absolute Gasteiger partial charge is 0.259 e. The molecule has 2 N–H and O–H groups in total. The molecule has 0 saturated heterocycles. The molecule has 0 aliphatic carbocycles. The lowest BCUT2D eigenvalue weighted by atomic mass is 9.92. The van der Waals surface area contributed by atoms with Crippen LogP contribution in [0.25, 0.3) is 32.9 Å². The first-order valence-corrected chi connectivity index (χ1v) is 10.4. The minimum atomic E-state index is -0.424. The molecule has 1 aliphatic rings. The average molecular weight is 430 g/mol. The molecule has 7 heteroatoms. The fourth-order valence-electron chi connectivity index (χ4n) is 4.60. The number of nitrogens with one attached hydrogen (secondary N) is 1. The summed E-state index contributed by atoms with van der Waals surface area (Å²) in [7, 11) is 3.17. The molecule has 0 atom stereocenters. The molecule has 2 heterocycles. The molecule has 0 saturated carbocycles. The van der Waals surface area contributed by atoms with Crippen molar-refractivity contribution in [2.45, 2.75) is 13.0 Å². The van der Waals surface area contributed by atoms with E-state index in [2.05, 4.69) is 9.88 Å². The van der Waals surface area contributed by atoms with Crippen molar-refractivity contribution in [1.82, 2.24) is 9.88 Å². The van der Waals surface area contributed by atoms with Gasteiger partial charge in [-0.1, -0.05) is 18.2 Å². The van der Waals surface area contributed by atoms with E-state index >= 15 is 0 Å². The third-order valence-electron chi connectivity index (χ3n) is 5.98. The Morgan fingerprint density at radius 3 is 2.44 bits per heavy atom. The van der Waals surface area contributed by atoms with Gasteiger partial charge in [-0.15, -0.1) is 0 Å². The summed E-state index contributed by atoms with van der Waals surface area (Å²) >= 11 is 0. The molecule has 1 aromatic heterocycles. The highest BCUT2D eigenvalue weighted by Crippen LogP contribution is 2.43. The molecule has 4 aromatic rings. The zero-order valence-electron chi connectivity index (χ0n) is 17.8. The molecular weight excluding hydrogens is 408 g/mol. The lowest BCUT2D eigenvalue weighted by molar-refractivity contribution is 0.0880. The number of aromatic nitrogens is 1. The predicted octanol–water partition coefficient (Wildman–Crippen LogP) is 3.74. The minimum absolute atomic E-state index is 0.0423. The number of carbonyl (C=O) groups excluding carboxylic acids is 2. The molecule has 3 aromatic carbocycles. The number of aliphatic hydroxyl groups excluding tert-OH is 1. The second-order valence-electron chi connectivity index (χ2n) is 7.66. The van der Waals surface area contributed by atoms with Gasteiger partial charge in [0.25, 0.3) is 11.8 Å². The summed E-state index contributed by atoms with van der Waals surface area (Å²) in [5, 5.41) is 13.5. The molecule has 0 radical (unpaired) electrons. The van der Waals surface area contributed by atoms with Crippen molar-refractivity contribution in [2.75, 3.05) is 20.8 Å². The number of imide groups is 1. The average Bonchev–Trinajstić information content (AvgIpc) is 3.29. The summed E-state index contributed by atoms with van der Waals surface area (Å²) in [5.41, 5.74) is 3.78. The topological polar surface area (TPSA) is 89.8 Å². The predicted molar refractivity (Wildman–Crippen MR) is 121 cm³/mol. The van der Waals surface area contributed by atoms with Crippen LogP contribution in [-0.4, -0.2) is 42.3 Å². The number of fused-ring (bicyclic) bond motifs is 5. The van der Waals surface area contributed by atoms with Crippen LogP contribution in [0, 0.1) is 0 Å². The van der Waals surface area contributed by atoms with Gasteiger partial charge in [-0.25, -0.2) is 0 Å². The summed E-state index contributed by atoms with van der Waals surface area (Å²) in [4.78, 5) is 25.9. The number of nitrogens with zero attached hydrogens (tertiary/aromatic N) is 1. The number of aryl methyl sites for hydroxylation is 1. The first-order chi connectivity index (χ1) is 15.6. The number of aliphatic hydroxyl groups is 1. The number of para-hydroxylation sites is 1. The maximum absolute atomic E-state index is 13.0. The molecule has 162 valence electrons. The zero-order chi connectivity index (χ0) is 22.4. The van der Waals surface area contributed by atoms with Crippen molar-refractivity contribution in [3.05, 3.63) is 59.7 Å². The highest BCUT2D eigenvalue weighted by molar-refractivity contribution is 6.32. The van der Waals surface area contributed by atoms with Gasteiger partial charge in [0.15, 0.2) is 0 Å². The first-order valence-electron chi connectivity index (χ1n) is 10.4. The number of benzene rings is 3. The Balaban J connectivity index is 1.96. The van der Waals surface area contributed by atoms with Crippen LogP contribution < -0.4 is 14.8 Å². The Kier molecular flexibility index (Phi) is 4.83. The van der Waals surface area contributed by atoms with E-state index in [1.807, 2.05) is 48.5 Å². The SMILES string of the molecule is COc1ccc2c(c1)c1c3c(c(-c4ccccc4OC)cc1n2CCCO)C(=O)NC3=O. The highest BCUT2D eigenvalue weighted by atomic mass is 16.5. The van der Waals surface area contributed by atoms with Crippen molar-refractivity contribution in [1.29, 1.82) is 0 Å². The first kappa shape index (κ1) is 20.1. The van der Waals surface area contributed by atoms with E-state index in [4.69, 9.17) is 9.47 Å². The molecule has 2 amide bonds. The van der Waals surface area contributed by atoms with Gasteiger partial charge in [-0.3, -0.25) is 14.9 Å². The van der Waals surface area contributed by atoms with E-state index in [0.29, 0.717) is 46.5 Å². The normalized spacial score (nSPS) is 13.0. The van der Waals surface area contributed by atoms with Gasteiger partial charge in [0.05, 0.1) is 30.9 Å². The minimum Gasteiger partial charge on any atom is -0.497 e. The summed E-state index contributed by atoms with van der Waals surface area (Å²) in [6.07, 6.45) is 0.553. The fraction of sp³-hybridized carbons (Fsp3) is 0.200. The van der Waals surface area contributed by atoms with Crippen molar-refractivity contribution < 1.29 is 24.2 Å². The van der Waals surface area contributed by atoms with Gasteiger partial charge in [0.1, 0.15) is 11.5 Å². The molecular formula is C25H22N2O5. The van der Waals surface area contributed by atoms with Gasteiger partial charge < -0.3 is 19.1 Å². The van der Waals surface area contributed by atoms with E-state index in [9.17, 15) is 14.7 Å². The van der Waals surface area contributed by atoms with Crippen LogP contribution in [0.4, 0.5) is 0 Å². The summed E-state index contributed by atoms with van der Waals surface area (Å²) in [6.45, 7) is 0.600. The molecule has 1 aliphatic heterocycles. The zero-order valence-corrected chi connectivity index (χ0v) is 17.8. The number of ether oxygens (including phenoxy) is 2. The lowest BCUT2D eigenvalue weighted by Crippen LogP contribution is -2.20. The van der Waals surface area contributed by atoms with Crippen LogP contribution in [-0.2, 0) is 6.54 Å². The van der Waals surface area contributed by atoms with Crippen molar-refractivity contribution >= 4 is 33.6 Å². The standard InChI is InChI=1S/C25H22N2O5/c1-31-14-8-9-18-17(12-14)21-19(27(18)10-5-11-28)13-16(15-6-3-4-7-20(15)32-2)22-23(21)25(30)26-24(22)29/h3-4,6-9,12-13,28H,5,10-11H2,1-2H3,(H,26,29,30). The second kappa shape index (κ2) is 7.69. The van der Waals surface area contributed by atoms with E-state index in [-0.39, 0.29) is 6.61 Å². The molecule has 0 spiro atoms. The van der Waals surface area contributed by atoms with E-state index in [1.165, 1.54) is 0 Å². The third-order valence-corrected chi connectivity index (χ3v) is 5.98. The number of amides is 2. The molecule has 0 unspecified atom stereocenters. The third kappa shape index (κ3) is 2.85. The van der Waals surface area contributed by atoms with Crippen LogP contribution in [0.2, 0.25) is 0 Å². The maximum Gasteiger partial charge on any atom is 0.259 e. The number of rotatable bonds is 6. The monoisotopic (exact) mass is 430 g/mol. The Morgan fingerprint density at radius 1 is 0.906 bits per heavy atom. The van der Waals surface area contributed by atoms with Gasteiger partial charge in [0.2, 0.25) is 0 Å². The number of methoxy groups -OCH3 is 2. The molecule has 32 heavy (non-hydrogen) atoms. The van der Waals surface area contributed by atoms with Crippen LogP contribution in [0.15, 0.2) is 48.5 Å². The van der Waals surface area contributed by atoms with Gasteiger partial charge in [-0.2, -0.15) is 0 Å². The van der Waals surface area contributed by atoms with E-state index in [0.717, 1.165) is 22.0 Å². The summed E-state index contributed by atoms with van der Waals surface area (Å²) in [6, 6.07) is 15.1. The van der Waals surface area contributed by atoms with Crippen LogP contribution >= 0.6 is 0 Å². The second-order valence-corrected chi connectivity index (χ2v) is 7.66. The van der Waals surface area contributed by atoms with Crippen molar-refractivity contribution in [3.63, 3.8) is 0 Å². The number of carbonyl (C=O) groups is 2. The summed E-state index contributed by atoms with van der Waals surface area (Å²) < 4.78 is 13.0. The van der Waals surface area contributed by atoms with E-state index in [1.54, 1.807) is 14.2 Å². The Hall–Kier alpha value is -3.84. The van der Waals surface area contributed by atoms with Crippen LogP contribution in [0.3, 0.4) is 0 Å². The molecule has 5 rings (SSSR count). The Labute approximate surface area is 184 Å². The highest BCUT2D eigenvalue weighted by Gasteiger charge is 2.35. The number of hydrogen-bond donors (Lipinski definition) is 2.